The topological polar surface area (TPSA) is 49.4 Å². The van der Waals surface area contributed by atoms with Gasteiger partial charge in [0.15, 0.2) is 0 Å². The molecule has 1 aromatic carbocycles. The maximum Gasteiger partial charge on any atom is 0.243 e. The highest BCUT2D eigenvalue weighted by Gasteiger charge is 2.37. The van der Waals surface area contributed by atoms with Gasteiger partial charge in [-0.15, -0.1) is 0 Å². The Labute approximate surface area is 122 Å². The van der Waals surface area contributed by atoms with Crippen LogP contribution in [0, 0.1) is 17.6 Å². The molecule has 0 saturated carbocycles. The summed E-state index contributed by atoms with van der Waals surface area (Å²) in [5.41, 5.74) is 0.337. The highest BCUT2D eigenvalue weighted by Crippen LogP contribution is 2.21. The van der Waals surface area contributed by atoms with Crippen LogP contribution in [0.2, 0.25) is 0 Å². The fourth-order valence-corrected chi connectivity index (χ4v) is 2.54. The van der Waals surface area contributed by atoms with Crippen LogP contribution in [-0.2, 0) is 16.1 Å². The Kier molecular flexibility index (Phi) is 4.55. The van der Waals surface area contributed by atoms with Crippen LogP contribution in [0.1, 0.15) is 25.8 Å². The normalized spacial score (nSPS) is 20.4. The van der Waals surface area contributed by atoms with Gasteiger partial charge in [-0.25, -0.2) is 8.78 Å². The number of piperazine rings is 1. The summed E-state index contributed by atoms with van der Waals surface area (Å²) in [5, 5.41) is 2.56. The third kappa shape index (κ3) is 3.37. The first-order valence-corrected chi connectivity index (χ1v) is 6.94. The molecule has 1 saturated heterocycles. The number of hydrogen-bond donors (Lipinski definition) is 1. The van der Waals surface area contributed by atoms with Crippen molar-refractivity contribution in [2.75, 3.05) is 6.54 Å². The van der Waals surface area contributed by atoms with Crippen LogP contribution in [-0.4, -0.2) is 29.3 Å². The minimum Gasteiger partial charge on any atom is -0.345 e. The van der Waals surface area contributed by atoms with Crippen molar-refractivity contribution in [2.45, 2.75) is 32.9 Å². The molecule has 1 heterocycles. The van der Waals surface area contributed by atoms with Gasteiger partial charge in [-0.05, 0) is 23.6 Å². The van der Waals surface area contributed by atoms with Gasteiger partial charge < -0.3 is 10.2 Å². The zero-order valence-electron chi connectivity index (χ0n) is 12.0. The van der Waals surface area contributed by atoms with Crippen molar-refractivity contribution in [2.24, 2.45) is 5.92 Å². The fourth-order valence-electron chi connectivity index (χ4n) is 2.54. The molecule has 1 aromatic rings. The van der Waals surface area contributed by atoms with E-state index in [0.717, 1.165) is 12.5 Å². The summed E-state index contributed by atoms with van der Waals surface area (Å²) in [5.74, 6) is -1.89. The number of hydrogen-bond acceptors (Lipinski definition) is 2. The van der Waals surface area contributed by atoms with Crippen LogP contribution >= 0.6 is 0 Å². The Bertz CT molecular complexity index is 542. The van der Waals surface area contributed by atoms with E-state index in [1.54, 1.807) is 0 Å². The SMILES string of the molecule is CCC(C)C1C(=O)NCC(=O)N1Cc1cc(F)cc(F)c1. The molecule has 2 unspecified atom stereocenters. The summed E-state index contributed by atoms with van der Waals surface area (Å²) in [4.78, 5) is 25.5. The molecule has 1 N–H and O–H groups in total. The van der Waals surface area contributed by atoms with E-state index in [1.807, 2.05) is 13.8 Å². The van der Waals surface area contributed by atoms with Gasteiger partial charge in [0.05, 0.1) is 6.54 Å². The van der Waals surface area contributed by atoms with Crippen LogP contribution in [0.3, 0.4) is 0 Å². The van der Waals surface area contributed by atoms with Gasteiger partial charge in [0, 0.05) is 12.6 Å². The monoisotopic (exact) mass is 296 g/mol. The number of halogens is 2. The van der Waals surface area contributed by atoms with Crippen molar-refractivity contribution < 1.29 is 18.4 Å². The van der Waals surface area contributed by atoms with Gasteiger partial charge >= 0.3 is 0 Å². The highest BCUT2D eigenvalue weighted by atomic mass is 19.1. The Morgan fingerprint density at radius 3 is 2.48 bits per heavy atom. The second kappa shape index (κ2) is 6.20. The lowest BCUT2D eigenvalue weighted by molar-refractivity contribution is -0.148. The van der Waals surface area contributed by atoms with Crippen molar-refractivity contribution in [3.63, 3.8) is 0 Å². The summed E-state index contributed by atoms with van der Waals surface area (Å²) < 4.78 is 26.5. The molecule has 0 bridgehead atoms. The van der Waals surface area contributed by atoms with Crippen molar-refractivity contribution in [3.05, 3.63) is 35.4 Å². The fraction of sp³-hybridized carbons (Fsp3) is 0.467. The summed E-state index contributed by atoms with van der Waals surface area (Å²) in [6, 6.07) is 2.52. The molecular weight excluding hydrogens is 278 g/mol. The average Bonchev–Trinajstić information content (AvgIpc) is 2.41. The quantitative estimate of drug-likeness (QED) is 0.921. The van der Waals surface area contributed by atoms with Gasteiger partial charge in [-0.1, -0.05) is 20.3 Å². The number of benzene rings is 1. The standard InChI is InChI=1S/C15H18F2N2O2/c1-3-9(2)14-15(21)18-7-13(20)19(14)8-10-4-11(16)6-12(17)5-10/h4-6,9,14H,3,7-8H2,1-2H3,(H,18,21). The minimum atomic E-state index is -0.695. The minimum absolute atomic E-state index is 0.0237. The van der Waals surface area contributed by atoms with E-state index < -0.39 is 17.7 Å². The van der Waals surface area contributed by atoms with Crippen LogP contribution < -0.4 is 5.32 Å². The third-order valence-electron chi connectivity index (χ3n) is 3.80. The molecule has 0 aliphatic carbocycles. The molecule has 6 heteroatoms. The first-order valence-electron chi connectivity index (χ1n) is 6.94. The van der Waals surface area contributed by atoms with E-state index in [0.29, 0.717) is 5.56 Å². The van der Waals surface area contributed by atoms with E-state index in [9.17, 15) is 18.4 Å². The molecule has 2 amide bonds. The zero-order valence-corrected chi connectivity index (χ0v) is 12.0. The first kappa shape index (κ1) is 15.4. The van der Waals surface area contributed by atoms with Crippen molar-refractivity contribution in [1.29, 1.82) is 0 Å². The highest BCUT2D eigenvalue weighted by molar-refractivity contribution is 5.94. The van der Waals surface area contributed by atoms with Gasteiger partial charge in [0.2, 0.25) is 11.8 Å². The number of amides is 2. The summed E-state index contributed by atoms with van der Waals surface area (Å²) in [6.07, 6.45) is 0.722. The molecule has 2 atom stereocenters. The molecule has 2 rings (SSSR count). The predicted molar refractivity (Wildman–Crippen MR) is 73.2 cm³/mol. The number of carbonyl (C=O) groups excluding carboxylic acids is 2. The van der Waals surface area contributed by atoms with Crippen LogP contribution in [0.4, 0.5) is 8.78 Å². The smallest absolute Gasteiger partial charge is 0.243 e. The van der Waals surface area contributed by atoms with E-state index in [4.69, 9.17) is 0 Å². The molecule has 1 aliphatic heterocycles. The lowest BCUT2D eigenvalue weighted by Gasteiger charge is -2.38. The second-order valence-corrected chi connectivity index (χ2v) is 5.35. The van der Waals surface area contributed by atoms with E-state index in [2.05, 4.69) is 5.32 Å². The number of carbonyl (C=O) groups is 2. The Balaban J connectivity index is 2.28. The van der Waals surface area contributed by atoms with Gasteiger partial charge in [-0.3, -0.25) is 9.59 Å². The van der Waals surface area contributed by atoms with Crippen molar-refractivity contribution >= 4 is 11.8 Å². The van der Waals surface area contributed by atoms with Crippen molar-refractivity contribution in [3.8, 4) is 0 Å². The lowest BCUT2D eigenvalue weighted by atomic mass is 9.94. The van der Waals surface area contributed by atoms with Gasteiger partial charge in [0.1, 0.15) is 17.7 Å². The largest absolute Gasteiger partial charge is 0.345 e. The zero-order chi connectivity index (χ0) is 15.6. The molecule has 0 spiro atoms. The van der Waals surface area contributed by atoms with E-state index >= 15 is 0 Å². The average molecular weight is 296 g/mol. The summed E-state index contributed by atoms with van der Waals surface area (Å²) in [6.45, 7) is 3.75. The predicted octanol–water partition coefficient (Wildman–Crippen LogP) is 1.84. The maximum atomic E-state index is 13.3. The van der Waals surface area contributed by atoms with E-state index in [1.165, 1.54) is 17.0 Å². The molecule has 21 heavy (non-hydrogen) atoms. The van der Waals surface area contributed by atoms with Gasteiger partial charge in [0.25, 0.3) is 0 Å². The Morgan fingerprint density at radius 2 is 1.90 bits per heavy atom. The second-order valence-electron chi connectivity index (χ2n) is 5.35. The maximum absolute atomic E-state index is 13.3. The Morgan fingerprint density at radius 1 is 1.29 bits per heavy atom. The molecule has 114 valence electrons. The van der Waals surface area contributed by atoms with Crippen LogP contribution in [0.25, 0.3) is 0 Å². The van der Waals surface area contributed by atoms with Crippen LogP contribution in [0.15, 0.2) is 18.2 Å². The number of nitrogens with one attached hydrogen (secondary N) is 1. The molecule has 1 aliphatic rings. The first-order chi connectivity index (χ1) is 9.92. The van der Waals surface area contributed by atoms with Crippen LogP contribution in [0.5, 0.6) is 0 Å². The summed E-state index contributed by atoms with van der Waals surface area (Å²) >= 11 is 0. The summed E-state index contributed by atoms with van der Waals surface area (Å²) in [7, 11) is 0. The van der Waals surface area contributed by atoms with Crippen molar-refractivity contribution in [1.82, 2.24) is 10.2 Å². The third-order valence-corrected chi connectivity index (χ3v) is 3.80. The molecule has 0 aromatic heterocycles. The molecule has 0 radical (unpaired) electrons. The lowest BCUT2D eigenvalue weighted by Crippen LogP contribution is -2.60. The molecular formula is C15H18F2N2O2. The van der Waals surface area contributed by atoms with E-state index in [-0.39, 0.29) is 30.8 Å². The number of rotatable bonds is 4. The molecule has 4 nitrogen and oxygen atoms in total. The molecule has 1 fully saturated rings. The number of nitrogens with zero attached hydrogens (tertiary/aromatic N) is 1. The van der Waals surface area contributed by atoms with Gasteiger partial charge in [-0.2, -0.15) is 0 Å². The Hall–Kier alpha value is -1.98.